The molecule has 0 fully saturated rings. The van der Waals surface area contributed by atoms with Crippen molar-refractivity contribution in [2.45, 2.75) is 53.5 Å². The molecule has 17 heavy (non-hydrogen) atoms. The fourth-order valence-electron chi connectivity index (χ4n) is 2.32. The van der Waals surface area contributed by atoms with Gasteiger partial charge < -0.3 is 5.32 Å². The van der Waals surface area contributed by atoms with Crippen molar-refractivity contribution in [1.29, 1.82) is 0 Å². The highest BCUT2D eigenvalue weighted by Gasteiger charge is 2.20. The molecule has 0 aromatic heterocycles. The molecule has 2 atom stereocenters. The Kier molecular flexibility index (Phi) is 8.05. The van der Waals surface area contributed by atoms with Gasteiger partial charge in [-0.05, 0) is 38.1 Å². The molecule has 0 amide bonds. The fraction of sp³-hybridized carbons (Fsp3) is 1.00. The second-order valence-corrected chi connectivity index (χ2v) is 7.61. The highest BCUT2D eigenvalue weighted by atomic mass is 32.2. The zero-order chi connectivity index (χ0) is 13.5. The first-order valence-electron chi connectivity index (χ1n) is 6.77. The normalized spacial score (nSPS) is 16.1. The first-order chi connectivity index (χ1) is 7.84. The minimum atomic E-state index is -2.80. The van der Waals surface area contributed by atoms with Gasteiger partial charge in [0.15, 0.2) is 0 Å². The van der Waals surface area contributed by atoms with Crippen LogP contribution in [0.2, 0.25) is 0 Å². The molecule has 2 unspecified atom stereocenters. The van der Waals surface area contributed by atoms with E-state index >= 15 is 0 Å². The first kappa shape index (κ1) is 16.9. The highest BCUT2D eigenvalue weighted by Crippen LogP contribution is 2.21. The molecule has 0 aliphatic rings. The van der Waals surface area contributed by atoms with Crippen LogP contribution >= 0.6 is 0 Å². The van der Waals surface area contributed by atoms with Crippen LogP contribution in [0.3, 0.4) is 0 Å². The maximum atomic E-state index is 11.4. The maximum absolute atomic E-state index is 11.4. The predicted octanol–water partition coefficient (Wildman–Crippen LogP) is 2.47. The zero-order valence-electron chi connectivity index (χ0n) is 12.0. The van der Waals surface area contributed by atoms with Crippen LogP contribution in [0.15, 0.2) is 0 Å². The van der Waals surface area contributed by atoms with E-state index in [-0.39, 0.29) is 5.75 Å². The molecule has 3 nitrogen and oxygen atoms in total. The summed E-state index contributed by atoms with van der Waals surface area (Å²) in [5, 5.41) is 3.44. The van der Waals surface area contributed by atoms with Gasteiger partial charge in [-0.25, -0.2) is 8.42 Å². The molecule has 0 rings (SSSR count). The molecule has 0 bridgehead atoms. The smallest absolute Gasteiger partial charge is 0.150 e. The molecule has 0 saturated heterocycles. The summed E-state index contributed by atoms with van der Waals surface area (Å²) in [4.78, 5) is 0. The summed E-state index contributed by atoms with van der Waals surface area (Å²) in [5.41, 5.74) is 0. The second-order valence-electron chi connectivity index (χ2n) is 5.13. The molecule has 0 radical (unpaired) electrons. The van der Waals surface area contributed by atoms with Gasteiger partial charge in [0.2, 0.25) is 0 Å². The average molecular weight is 263 g/mol. The molecule has 0 aliphatic heterocycles. The molecule has 0 aliphatic carbocycles. The van der Waals surface area contributed by atoms with Gasteiger partial charge in [-0.3, -0.25) is 0 Å². The number of rotatable bonds is 9. The SMILES string of the molecule is CCNC(C)C(CCCS(=O)(=O)CC)C(C)C. The van der Waals surface area contributed by atoms with E-state index in [4.69, 9.17) is 0 Å². The molecular weight excluding hydrogens is 234 g/mol. The van der Waals surface area contributed by atoms with Crippen molar-refractivity contribution in [3.05, 3.63) is 0 Å². The topological polar surface area (TPSA) is 46.2 Å². The van der Waals surface area contributed by atoms with Gasteiger partial charge in [0.05, 0.1) is 5.75 Å². The number of sulfone groups is 1. The van der Waals surface area contributed by atoms with Gasteiger partial charge >= 0.3 is 0 Å². The largest absolute Gasteiger partial charge is 0.314 e. The van der Waals surface area contributed by atoms with Crippen molar-refractivity contribution >= 4 is 9.84 Å². The van der Waals surface area contributed by atoms with Crippen LogP contribution in [0.1, 0.15) is 47.5 Å². The van der Waals surface area contributed by atoms with Crippen molar-refractivity contribution < 1.29 is 8.42 Å². The third-order valence-electron chi connectivity index (χ3n) is 3.46. The first-order valence-corrected chi connectivity index (χ1v) is 8.60. The Morgan fingerprint density at radius 3 is 2.12 bits per heavy atom. The lowest BCUT2D eigenvalue weighted by Crippen LogP contribution is -2.36. The Balaban J connectivity index is 4.19. The molecule has 0 heterocycles. The van der Waals surface area contributed by atoms with E-state index in [0.29, 0.717) is 23.6 Å². The fourth-order valence-corrected chi connectivity index (χ4v) is 3.21. The summed E-state index contributed by atoms with van der Waals surface area (Å²) < 4.78 is 22.9. The number of nitrogens with one attached hydrogen (secondary N) is 1. The van der Waals surface area contributed by atoms with E-state index in [2.05, 4.69) is 33.0 Å². The van der Waals surface area contributed by atoms with Gasteiger partial charge in [-0.1, -0.05) is 27.7 Å². The van der Waals surface area contributed by atoms with Gasteiger partial charge in [-0.15, -0.1) is 0 Å². The summed E-state index contributed by atoms with van der Waals surface area (Å²) in [7, 11) is -2.80. The zero-order valence-corrected chi connectivity index (χ0v) is 12.8. The quantitative estimate of drug-likeness (QED) is 0.695. The monoisotopic (exact) mass is 263 g/mol. The third-order valence-corrected chi connectivity index (χ3v) is 5.25. The van der Waals surface area contributed by atoms with E-state index in [1.54, 1.807) is 6.92 Å². The summed E-state index contributed by atoms with van der Waals surface area (Å²) in [5.74, 6) is 1.75. The Labute approximate surface area is 107 Å². The Bertz CT molecular complexity index is 286. The molecular formula is C13H29NO2S. The minimum Gasteiger partial charge on any atom is -0.314 e. The molecule has 104 valence electrons. The average Bonchev–Trinajstić information content (AvgIpc) is 2.24. The van der Waals surface area contributed by atoms with Crippen LogP contribution in [-0.4, -0.2) is 32.5 Å². The summed E-state index contributed by atoms with van der Waals surface area (Å²) >= 11 is 0. The number of hydrogen-bond acceptors (Lipinski definition) is 3. The predicted molar refractivity (Wildman–Crippen MR) is 75.0 cm³/mol. The van der Waals surface area contributed by atoms with Crippen LogP contribution in [0.25, 0.3) is 0 Å². The van der Waals surface area contributed by atoms with Crippen molar-refractivity contribution in [2.75, 3.05) is 18.1 Å². The Morgan fingerprint density at radius 1 is 1.12 bits per heavy atom. The van der Waals surface area contributed by atoms with Gasteiger partial charge in [0, 0.05) is 11.8 Å². The highest BCUT2D eigenvalue weighted by molar-refractivity contribution is 7.91. The molecule has 4 heteroatoms. The van der Waals surface area contributed by atoms with Crippen molar-refractivity contribution in [3.63, 3.8) is 0 Å². The van der Waals surface area contributed by atoms with E-state index in [9.17, 15) is 8.42 Å². The lowest BCUT2D eigenvalue weighted by atomic mass is 9.85. The van der Waals surface area contributed by atoms with Crippen molar-refractivity contribution in [1.82, 2.24) is 5.32 Å². The standard InChI is InChI=1S/C13H29NO2S/c1-6-14-12(5)13(11(3)4)9-8-10-17(15,16)7-2/h11-14H,6-10H2,1-5H3. The van der Waals surface area contributed by atoms with Gasteiger partial charge in [0.1, 0.15) is 9.84 Å². The van der Waals surface area contributed by atoms with Crippen LogP contribution in [0.4, 0.5) is 0 Å². The lowest BCUT2D eigenvalue weighted by molar-refractivity contribution is 0.274. The second kappa shape index (κ2) is 8.09. The summed E-state index contributed by atoms with van der Waals surface area (Å²) in [6.07, 6.45) is 1.78. The Hall–Kier alpha value is -0.0900. The summed E-state index contributed by atoms with van der Waals surface area (Å²) in [6.45, 7) is 11.4. The van der Waals surface area contributed by atoms with Crippen LogP contribution in [-0.2, 0) is 9.84 Å². The number of hydrogen-bond donors (Lipinski definition) is 1. The minimum absolute atomic E-state index is 0.266. The van der Waals surface area contributed by atoms with Crippen LogP contribution in [0, 0.1) is 11.8 Å². The van der Waals surface area contributed by atoms with Crippen LogP contribution in [0.5, 0.6) is 0 Å². The van der Waals surface area contributed by atoms with Gasteiger partial charge in [0.25, 0.3) is 0 Å². The Morgan fingerprint density at radius 2 is 1.71 bits per heavy atom. The van der Waals surface area contributed by atoms with Gasteiger partial charge in [-0.2, -0.15) is 0 Å². The van der Waals surface area contributed by atoms with E-state index in [1.807, 2.05) is 0 Å². The third kappa shape index (κ3) is 7.04. The van der Waals surface area contributed by atoms with E-state index < -0.39 is 9.84 Å². The molecule has 0 spiro atoms. The van der Waals surface area contributed by atoms with Crippen LogP contribution < -0.4 is 5.32 Å². The maximum Gasteiger partial charge on any atom is 0.150 e. The molecule has 0 aromatic rings. The van der Waals surface area contributed by atoms with Crippen molar-refractivity contribution in [3.8, 4) is 0 Å². The summed E-state index contributed by atoms with van der Waals surface area (Å²) in [6, 6.07) is 0.462. The lowest BCUT2D eigenvalue weighted by Gasteiger charge is -2.28. The molecule has 0 aromatic carbocycles. The van der Waals surface area contributed by atoms with Crippen molar-refractivity contribution in [2.24, 2.45) is 11.8 Å². The van der Waals surface area contributed by atoms with E-state index in [1.165, 1.54) is 0 Å². The molecule has 1 N–H and O–H groups in total. The van der Waals surface area contributed by atoms with E-state index in [0.717, 1.165) is 19.4 Å². The molecule has 0 saturated carbocycles.